The SMILES string of the molecule is COC(=O)OC/C=C\[C@@H](O)C1CCCCC1. The molecule has 0 unspecified atom stereocenters. The van der Waals surface area contributed by atoms with Gasteiger partial charge in [0.15, 0.2) is 0 Å². The molecule has 1 atom stereocenters. The van der Waals surface area contributed by atoms with Crippen molar-refractivity contribution in [2.75, 3.05) is 13.7 Å². The first kappa shape index (κ1) is 13.0. The molecule has 0 spiro atoms. The van der Waals surface area contributed by atoms with E-state index in [0.717, 1.165) is 12.8 Å². The molecule has 1 N–H and O–H groups in total. The number of hydrogen-bond donors (Lipinski definition) is 1. The van der Waals surface area contributed by atoms with Gasteiger partial charge < -0.3 is 14.6 Å². The summed E-state index contributed by atoms with van der Waals surface area (Å²) in [5, 5.41) is 9.84. The summed E-state index contributed by atoms with van der Waals surface area (Å²) in [6.07, 6.45) is 8.11. The second-order valence-corrected chi connectivity index (χ2v) is 4.08. The molecule has 0 radical (unpaired) electrons. The molecule has 1 fully saturated rings. The lowest BCUT2D eigenvalue weighted by Crippen LogP contribution is -2.20. The number of methoxy groups -OCH3 is 1. The molecule has 0 bridgehead atoms. The summed E-state index contributed by atoms with van der Waals surface area (Å²) in [6, 6.07) is 0. The van der Waals surface area contributed by atoms with Crippen LogP contribution >= 0.6 is 0 Å². The lowest BCUT2D eigenvalue weighted by atomic mass is 9.85. The number of carbonyl (C=O) groups is 1. The van der Waals surface area contributed by atoms with Gasteiger partial charge in [0.25, 0.3) is 0 Å². The Labute approximate surface area is 96.2 Å². The van der Waals surface area contributed by atoms with E-state index in [1.807, 2.05) is 0 Å². The first-order valence-corrected chi connectivity index (χ1v) is 5.79. The highest BCUT2D eigenvalue weighted by Gasteiger charge is 2.19. The average Bonchev–Trinajstić information content (AvgIpc) is 2.35. The third kappa shape index (κ3) is 4.66. The van der Waals surface area contributed by atoms with E-state index in [-0.39, 0.29) is 6.61 Å². The monoisotopic (exact) mass is 228 g/mol. The van der Waals surface area contributed by atoms with Gasteiger partial charge in [-0.25, -0.2) is 4.79 Å². The number of aliphatic hydroxyl groups is 1. The quantitative estimate of drug-likeness (QED) is 0.592. The highest BCUT2D eigenvalue weighted by molar-refractivity contribution is 5.59. The Kier molecular flexibility index (Phi) is 5.93. The normalized spacial score (nSPS) is 19.6. The fourth-order valence-electron chi connectivity index (χ4n) is 2.00. The van der Waals surface area contributed by atoms with Crippen molar-refractivity contribution in [2.45, 2.75) is 38.2 Å². The maximum atomic E-state index is 10.6. The van der Waals surface area contributed by atoms with Crippen molar-refractivity contribution in [2.24, 2.45) is 5.92 Å². The predicted molar refractivity (Wildman–Crippen MR) is 60.1 cm³/mol. The van der Waals surface area contributed by atoms with Crippen molar-refractivity contribution in [1.29, 1.82) is 0 Å². The third-order valence-corrected chi connectivity index (χ3v) is 2.93. The molecule has 16 heavy (non-hydrogen) atoms. The van der Waals surface area contributed by atoms with E-state index in [2.05, 4.69) is 9.47 Å². The van der Waals surface area contributed by atoms with Crippen molar-refractivity contribution >= 4 is 6.16 Å². The van der Waals surface area contributed by atoms with Gasteiger partial charge >= 0.3 is 6.16 Å². The molecule has 4 heteroatoms. The van der Waals surface area contributed by atoms with Crippen LogP contribution in [-0.2, 0) is 9.47 Å². The Balaban J connectivity index is 2.19. The second kappa shape index (κ2) is 7.28. The van der Waals surface area contributed by atoms with Crippen molar-refractivity contribution in [3.05, 3.63) is 12.2 Å². The summed E-state index contributed by atoms with van der Waals surface area (Å²) in [4.78, 5) is 10.6. The van der Waals surface area contributed by atoms with E-state index in [1.54, 1.807) is 12.2 Å². The highest BCUT2D eigenvalue weighted by atomic mass is 16.7. The summed E-state index contributed by atoms with van der Waals surface area (Å²) >= 11 is 0. The lowest BCUT2D eigenvalue weighted by molar-refractivity contribution is 0.0809. The minimum absolute atomic E-state index is 0.149. The lowest BCUT2D eigenvalue weighted by Gasteiger charge is -2.24. The molecule has 0 saturated heterocycles. The topological polar surface area (TPSA) is 55.8 Å². The van der Waals surface area contributed by atoms with Crippen LogP contribution in [0.1, 0.15) is 32.1 Å². The molecular weight excluding hydrogens is 208 g/mol. The van der Waals surface area contributed by atoms with E-state index in [0.29, 0.717) is 5.92 Å². The van der Waals surface area contributed by atoms with Crippen LogP contribution in [-0.4, -0.2) is 31.1 Å². The smallest absolute Gasteiger partial charge is 0.438 e. The molecule has 92 valence electrons. The van der Waals surface area contributed by atoms with Gasteiger partial charge in [-0.2, -0.15) is 0 Å². The molecule has 0 heterocycles. The fraction of sp³-hybridized carbons (Fsp3) is 0.750. The van der Waals surface area contributed by atoms with Crippen LogP contribution in [0.3, 0.4) is 0 Å². The first-order chi connectivity index (χ1) is 7.74. The van der Waals surface area contributed by atoms with E-state index in [9.17, 15) is 9.90 Å². The zero-order valence-corrected chi connectivity index (χ0v) is 9.72. The van der Waals surface area contributed by atoms with Gasteiger partial charge in [-0.3, -0.25) is 0 Å². The third-order valence-electron chi connectivity index (χ3n) is 2.93. The standard InChI is InChI=1S/C12H20O4/c1-15-12(14)16-9-5-8-11(13)10-6-3-2-4-7-10/h5,8,10-11,13H,2-4,6-7,9H2,1H3/b8-5-/t11-/m1/s1. The van der Waals surface area contributed by atoms with E-state index in [4.69, 9.17) is 0 Å². The number of ether oxygens (including phenoxy) is 2. The van der Waals surface area contributed by atoms with Gasteiger partial charge in [-0.15, -0.1) is 0 Å². The van der Waals surface area contributed by atoms with Crippen LogP contribution in [0, 0.1) is 5.92 Å². The summed E-state index contributed by atoms with van der Waals surface area (Å²) in [5.41, 5.74) is 0. The van der Waals surface area contributed by atoms with Crippen molar-refractivity contribution in [1.82, 2.24) is 0 Å². The molecule has 0 amide bonds. The predicted octanol–water partition coefficient (Wildman–Crippen LogP) is 2.27. The van der Waals surface area contributed by atoms with Crippen LogP contribution in [0.25, 0.3) is 0 Å². The number of aliphatic hydroxyl groups excluding tert-OH is 1. The van der Waals surface area contributed by atoms with E-state index < -0.39 is 12.3 Å². The van der Waals surface area contributed by atoms with Gasteiger partial charge in [0.1, 0.15) is 6.61 Å². The van der Waals surface area contributed by atoms with Crippen molar-refractivity contribution in [3.63, 3.8) is 0 Å². The maximum absolute atomic E-state index is 10.6. The molecule has 1 rings (SSSR count). The van der Waals surface area contributed by atoms with Crippen LogP contribution in [0.4, 0.5) is 4.79 Å². The van der Waals surface area contributed by atoms with Crippen molar-refractivity contribution < 1.29 is 19.4 Å². The van der Waals surface area contributed by atoms with Crippen LogP contribution < -0.4 is 0 Å². The van der Waals surface area contributed by atoms with Gasteiger partial charge in [0, 0.05) is 0 Å². The van der Waals surface area contributed by atoms with Gasteiger partial charge in [-0.1, -0.05) is 25.3 Å². The number of carbonyl (C=O) groups excluding carboxylic acids is 1. The van der Waals surface area contributed by atoms with Crippen LogP contribution in [0.2, 0.25) is 0 Å². The molecule has 0 aromatic heterocycles. The van der Waals surface area contributed by atoms with Crippen LogP contribution in [0.15, 0.2) is 12.2 Å². The highest BCUT2D eigenvalue weighted by Crippen LogP contribution is 2.26. The Morgan fingerprint density at radius 2 is 2.12 bits per heavy atom. The first-order valence-electron chi connectivity index (χ1n) is 5.79. The Morgan fingerprint density at radius 3 is 2.75 bits per heavy atom. The number of hydrogen-bond acceptors (Lipinski definition) is 4. The van der Waals surface area contributed by atoms with Gasteiger partial charge in [0.2, 0.25) is 0 Å². The van der Waals surface area contributed by atoms with E-state index >= 15 is 0 Å². The molecule has 1 aliphatic carbocycles. The molecule has 0 aromatic rings. The molecule has 0 aliphatic heterocycles. The minimum Gasteiger partial charge on any atom is -0.438 e. The second-order valence-electron chi connectivity index (χ2n) is 4.08. The molecular formula is C12H20O4. The minimum atomic E-state index is -0.697. The largest absolute Gasteiger partial charge is 0.508 e. The summed E-state index contributed by atoms with van der Waals surface area (Å²) in [6.45, 7) is 0.149. The molecule has 4 nitrogen and oxygen atoms in total. The Bertz CT molecular complexity index is 231. The summed E-state index contributed by atoms with van der Waals surface area (Å²) in [7, 11) is 1.27. The zero-order valence-electron chi connectivity index (χ0n) is 9.72. The summed E-state index contributed by atoms with van der Waals surface area (Å²) in [5.74, 6) is 0.364. The number of rotatable bonds is 4. The average molecular weight is 228 g/mol. The van der Waals surface area contributed by atoms with Crippen LogP contribution in [0.5, 0.6) is 0 Å². The summed E-state index contributed by atoms with van der Waals surface area (Å²) < 4.78 is 8.99. The van der Waals surface area contributed by atoms with E-state index in [1.165, 1.54) is 26.4 Å². The van der Waals surface area contributed by atoms with Crippen molar-refractivity contribution in [3.8, 4) is 0 Å². The molecule has 1 saturated carbocycles. The fourth-order valence-corrected chi connectivity index (χ4v) is 2.00. The Morgan fingerprint density at radius 1 is 1.44 bits per heavy atom. The zero-order chi connectivity index (χ0) is 11.8. The molecule has 1 aliphatic rings. The van der Waals surface area contributed by atoms with Gasteiger partial charge in [0.05, 0.1) is 13.2 Å². The van der Waals surface area contributed by atoms with Gasteiger partial charge in [-0.05, 0) is 24.8 Å². The maximum Gasteiger partial charge on any atom is 0.508 e. The Hall–Kier alpha value is -1.03. The molecule has 0 aromatic carbocycles.